The summed E-state index contributed by atoms with van der Waals surface area (Å²) in [4.78, 5) is 10.3. The molecule has 0 unspecified atom stereocenters. The molecule has 0 amide bonds. The molecule has 0 saturated carbocycles. The highest BCUT2D eigenvalue weighted by Gasteiger charge is 2.25. The maximum Gasteiger partial charge on any atom is 0.0823 e. The average molecular weight is 404 g/mol. The smallest absolute Gasteiger partial charge is 0.0823 e. The van der Waals surface area contributed by atoms with E-state index in [-0.39, 0.29) is 0 Å². The Balaban J connectivity index is 1.85. The van der Waals surface area contributed by atoms with Gasteiger partial charge in [0.2, 0.25) is 0 Å². The van der Waals surface area contributed by atoms with Crippen LogP contribution in [0.5, 0.6) is 0 Å². The van der Waals surface area contributed by atoms with Crippen LogP contribution in [0.3, 0.4) is 0 Å². The fourth-order valence-electron chi connectivity index (χ4n) is 5.67. The fraction of sp³-hybridized carbons (Fsp3) is 0. The lowest BCUT2D eigenvalue weighted by Crippen LogP contribution is -2.06. The largest absolute Gasteiger partial charge is 0.247 e. The van der Waals surface area contributed by atoms with E-state index in [1.807, 2.05) is 0 Å². The summed E-state index contributed by atoms with van der Waals surface area (Å²) in [6, 6.07) is 34.5. The monoisotopic (exact) mass is 404 g/mol. The Labute approximate surface area is 183 Å². The molecule has 2 heteroatoms. The van der Waals surface area contributed by atoms with Crippen molar-refractivity contribution in [1.29, 1.82) is 0 Å². The highest BCUT2D eigenvalue weighted by molar-refractivity contribution is 6.27. The van der Waals surface area contributed by atoms with Gasteiger partial charge in [0.25, 0.3) is 0 Å². The van der Waals surface area contributed by atoms with Crippen LogP contribution >= 0.6 is 0 Å². The minimum Gasteiger partial charge on any atom is -0.247 e. The molecule has 0 fully saturated rings. The van der Waals surface area contributed by atoms with Crippen molar-refractivity contribution in [2.45, 2.75) is 0 Å². The van der Waals surface area contributed by atoms with Crippen molar-refractivity contribution in [3.8, 4) is 11.1 Å². The second-order valence-corrected chi connectivity index (χ2v) is 8.55. The molecule has 2 aliphatic rings. The van der Waals surface area contributed by atoms with Gasteiger partial charge in [-0.1, -0.05) is 84.9 Å². The van der Waals surface area contributed by atoms with E-state index in [1.54, 1.807) is 0 Å². The summed E-state index contributed by atoms with van der Waals surface area (Å²) >= 11 is 0. The predicted molar refractivity (Wildman–Crippen MR) is 130 cm³/mol. The molecule has 2 nitrogen and oxygen atoms in total. The van der Waals surface area contributed by atoms with Crippen LogP contribution in [0.4, 0.5) is 11.4 Å². The normalized spacial score (nSPS) is 12.9. The molecule has 0 saturated heterocycles. The van der Waals surface area contributed by atoms with Gasteiger partial charge in [0.1, 0.15) is 0 Å². The van der Waals surface area contributed by atoms with Gasteiger partial charge in [0.15, 0.2) is 0 Å². The first kappa shape index (κ1) is 16.4. The van der Waals surface area contributed by atoms with Crippen LogP contribution in [0, 0.1) is 10.4 Å². The molecule has 0 N–H and O–H groups in total. The first-order valence-electron chi connectivity index (χ1n) is 11.0. The summed E-state index contributed by atoms with van der Waals surface area (Å²) in [5.74, 6) is 0. The van der Waals surface area contributed by atoms with E-state index in [1.165, 1.54) is 53.9 Å². The molecular weight excluding hydrogens is 388 g/mol. The standard InChI is InChI=1S/C30H16N2/c1-3-11-19-17(9-1)18-10-2-4-12-20(18)26-25(19)27-21-13-5-7-15-23(21)31-30(27)28-22-14-6-8-16-24(22)32-29(26)28/h1-16H. The van der Waals surface area contributed by atoms with Crippen molar-refractivity contribution in [2.75, 3.05) is 0 Å². The molecule has 8 rings (SSSR count). The lowest BCUT2D eigenvalue weighted by Gasteiger charge is -2.13. The van der Waals surface area contributed by atoms with Crippen LogP contribution in [0.2, 0.25) is 0 Å². The van der Waals surface area contributed by atoms with Crippen molar-refractivity contribution in [1.82, 2.24) is 0 Å². The highest BCUT2D eigenvalue weighted by Crippen LogP contribution is 2.45. The Morgan fingerprint density at radius 2 is 1.12 bits per heavy atom. The molecule has 0 spiro atoms. The molecule has 0 bridgehead atoms. The van der Waals surface area contributed by atoms with Gasteiger partial charge in [0, 0.05) is 32.3 Å². The first-order valence-corrected chi connectivity index (χ1v) is 11.0. The minimum absolute atomic E-state index is 1.03. The number of hydrogen-bond donors (Lipinski definition) is 0. The zero-order valence-electron chi connectivity index (χ0n) is 17.1. The second-order valence-electron chi connectivity index (χ2n) is 8.55. The van der Waals surface area contributed by atoms with Crippen molar-refractivity contribution in [3.05, 3.63) is 118 Å². The van der Waals surface area contributed by atoms with Crippen molar-refractivity contribution in [3.63, 3.8) is 0 Å². The number of hydrogen-bond acceptors (Lipinski definition) is 2. The van der Waals surface area contributed by atoms with Gasteiger partial charge in [-0.15, -0.1) is 0 Å². The molecule has 0 radical (unpaired) electrons. The zero-order chi connectivity index (χ0) is 20.8. The quantitative estimate of drug-likeness (QED) is 0.253. The Morgan fingerprint density at radius 3 is 1.94 bits per heavy atom. The van der Waals surface area contributed by atoms with Crippen LogP contribution in [0.15, 0.2) is 107 Å². The third-order valence-corrected chi connectivity index (χ3v) is 6.94. The molecule has 146 valence electrons. The first-order chi connectivity index (χ1) is 15.9. The van der Waals surface area contributed by atoms with E-state index in [4.69, 9.17) is 9.98 Å². The van der Waals surface area contributed by atoms with E-state index in [0.717, 1.165) is 22.1 Å². The van der Waals surface area contributed by atoms with Gasteiger partial charge in [0.05, 0.1) is 22.1 Å². The Kier molecular flexibility index (Phi) is 2.91. The predicted octanol–water partition coefficient (Wildman–Crippen LogP) is 6.63. The van der Waals surface area contributed by atoms with Crippen molar-refractivity contribution >= 4 is 43.7 Å². The van der Waals surface area contributed by atoms with E-state index in [9.17, 15) is 0 Å². The summed E-state index contributed by atoms with van der Waals surface area (Å²) in [6.45, 7) is 0. The van der Waals surface area contributed by atoms with Gasteiger partial charge < -0.3 is 0 Å². The number of nitrogens with zero attached hydrogens (tertiary/aromatic N) is 2. The summed E-state index contributed by atoms with van der Waals surface area (Å²) in [5.41, 5.74) is 4.43. The van der Waals surface area contributed by atoms with E-state index in [2.05, 4.69) is 97.1 Å². The molecular formula is C30H16N2. The van der Waals surface area contributed by atoms with E-state index >= 15 is 0 Å². The van der Waals surface area contributed by atoms with E-state index < -0.39 is 0 Å². The zero-order valence-corrected chi connectivity index (χ0v) is 17.1. The van der Waals surface area contributed by atoms with Crippen LogP contribution in [0.25, 0.3) is 43.4 Å². The summed E-state index contributed by atoms with van der Waals surface area (Å²) in [6.07, 6.45) is 0. The maximum absolute atomic E-state index is 5.18. The molecule has 6 aromatic rings. The fourth-order valence-corrected chi connectivity index (χ4v) is 5.67. The average Bonchev–Trinajstić information content (AvgIpc) is 3.42. The Bertz CT molecular complexity index is 2040. The Morgan fingerprint density at radius 1 is 0.500 bits per heavy atom. The number of benzene rings is 6. The molecule has 0 aromatic heterocycles. The van der Waals surface area contributed by atoms with Gasteiger partial charge in [-0.05, 0) is 33.7 Å². The van der Waals surface area contributed by atoms with Crippen molar-refractivity contribution in [2.24, 2.45) is 9.98 Å². The maximum atomic E-state index is 5.18. The van der Waals surface area contributed by atoms with Crippen molar-refractivity contribution < 1.29 is 0 Å². The molecule has 32 heavy (non-hydrogen) atoms. The lowest BCUT2D eigenvalue weighted by molar-refractivity contribution is 1.37. The van der Waals surface area contributed by atoms with Gasteiger partial charge in [-0.25, -0.2) is 9.98 Å². The molecule has 2 aliphatic heterocycles. The molecule has 6 aromatic carbocycles. The van der Waals surface area contributed by atoms with Crippen LogP contribution in [0.1, 0.15) is 0 Å². The van der Waals surface area contributed by atoms with E-state index in [0.29, 0.717) is 0 Å². The molecule has 2 heterocycles. The highest BCUT2D eigenvalue weighted by atomic mass is 14.8. The van der Waals surface area contributed by atoms with Crippen LogP contribution in [-0.4, -0.2) is 0 Å². The third-order valence-electron chi connectivity index (χ3n) is 6.94. The van der Waals surface area contributed by atoms with Gasteiger partial charge in [-0.2, -0.15) is 0 Å². The number of fused-ring (bicyclic) bond motifs is 14. The SMILES string of the molecule is c1ccc2c(c1)N=c1c-2c2c(c3c4ccccc4c4ccccc4c13)=c1ccccc1=N2. The third kappa shape index (κ3) is 1.86. The second kappa shape index (κ2) is 5.68. The lowest BCUT2D eigenvalue weighted by atomic mass is 9.89. The van der Waals surface area contributed by atoms with Crippen LogP contribution < -0.4 is 10.7 Å². The topological polar surface area (TPSA) is 24.7 Å². The number of rotatable bonds is 0. The Hall–Kier alpha value is -4.30. The number of para-hydroxylation sites is 2. The molecule has 0 atom stereocenters. The molecule has 0 aliphatic carbocycles. The minimum atomic E-state index is 1.03. The summed E-state index contributed by atoms with van der Waals surface area (Å²) in [7, 11) is 0. The van der Waals surface area contributed by atoms with Gasteiger partial charge >= 0.3 is 0 Å². The van der Waals surface area contributed by atoms with Crippen LogP contribution in [-0.2, 0) is 0 Å². The summed E-state index contributed by atoms with van der Waals surface area (Å²) in [5, 5.41) is 12.1. The summed E-state index contributed by atoms with van der Waals surface area (Å²) < 4.78 is 0. The van der Waals surface area contributed by atoms with Gasteiger partial charge in [-0.3, -0.25) is 0 Å².